The molecule has 0 fully saturated rings. The highest BCUT2D eigenvalue weighted by atomic mass is 16.5. The van der Waals surface area contributed by atoms with Crippen molar-refractivity contribution in [1.29, 1.82) is 0 Å². The monoisotopic (exact) mass is 377 g/mol. The van der Waals surface area contributed by atoms with Crippen molar-refractivity contribution < 1.29 is 14.3 Å². The zero-order chi connectivity index (χ0) is 19.8. The topological polar surface area (TPSA) is 63.7 Å². The number of amides is 1. The van der Waals surface area contributed by atoms with Gasteiger partial charge in [-0.25, -0.2) is 4.98 Å². The molecule has 0 aliphatic carbocycles. The molecule has 0 atom stereocenters. The molecule has 28 heavy (non-hydrogen) atoms. The third kappa shape index (κ3) is 5.48. The lowest BCUT2D eigenvalue weighted by molar-refractivity contribution is -0.118. The van der Waals surface area contributed by atoms with Crippen molar-refractivity contribution in [2.45, 2.75) is 6.61 Å². The summed E-state index contributed by atoms with van der Waals surface area (Å²) in [6.07, 6.45) is 1.68. The Morgan fingerprint density at radius 3 is 2.29 bits per heavy atom. The number of anilines is 2. The second kappa shape index (κ2) is 9.41. The summed E-state index contributed by atoms with van der Waals surface area (Å²) in [5.41, 5.74) is 1.75. The lowest BCUT2D eigenvalue weighted by atomic mass is 10.2. The predicted octanol–water partition coefficient (Wildman–Crippen LogP) is 3.74. The first kappa shape index (κ1) is 19.2. The van der Waals surface area contributed by atoms with E-state index in [9.17, 15) is 4.79 Å². The summed E-state index contributed by atoms with van der Waals surface area (Å²) in [5, 5.41) is 2.82. The molecule has 0 bridgehead atoms. The Morgan fingerprint density at radius 1 is 0.929 bits per heavy atom. The van der Waals surface area contributed by atoms with Crippen molar-refractivity contribution in [3.05, 3.63) is 78.5 Å². The summed E-state index contributed by atoms with van der Waals surface area (Å²) in [6, 6.07) is 20.7. The molecule has 0 radical (unpaired) electrons. The van der Waals surface area contributed by atoms with Gasteiger partial charge >= 0.3 is 0 Å². The molecule has 0 aliphatic heterocycles. The second-order valence-electron chi connectivity index (χ2n) is 6.35. The van der Waals surface area contributed by atoms with Crippen molar-refractivity contribution in [1.82, 2.24) is 4.98 Å². The number of hydrogen-bond acceptors (Lipinski definition) is 5. The minimum Gasteiger partial charge on any atom is -0.489 e. The number of hydrogen-bond donors (Lipinski definition) is 1. The van der Waals surface area contributed by atoms with Gasteiger partial charge in [0.2, 0.25) is 0 Å². The maximum absolute atomic E-state index is 12.2. The van der Waals surface area contributed by atoms with Crippen LogP contribution in [-0.2, 0) is 11.4 Å². The number of pyridine rings is 1. The molecule has 3 rings (SSSR count). The number of nitrogens with one attached hydrogen (secondary N) is 1. The van der Waals surface area contributed by atoms with E-state index < -0.39 is 0 Å². The fourth-order valence-corrected chi connectivity index (χ4v) is 2.56. The van der Waals surface area contributed by atoms with Crippen LogP contribution in [0.15, 0.2) is 72.9 Å². The van der Waals surface area contributed by atoms with Gasteiger partial charge in [0.25, 0.3) is 5.91 Å². The Hall–Kier alpha value is -3.54. The number of carbonyl (C=O) groups excluding carboxylic acids is 1. The lowest BCUT2D eigenvalue weighted by Gasteiger charge is -2.16. The van der Waals surface area contributed by atoms with Crippen molar-refractivity contribution >= 4 is 17.4 Å². The Balaban J connectivity index is 1.49. The van der Waals surface area contributed by atoms with Gasteiger partial charge in [0.15, 0.2) is 12.4 Å². The Kier molecular flexibility index (Phi) is 6.46. The summed E-state index contributed by atoms with van der Waals surface area (Å²) < 4.78 is 11.3. The predicted molar refractivity (Wildman–Crippen MR) is 110 cm³/mol. The van der Waals surface area contributed by atoms with Crippen LogP contribution >= 0.6 is 0 Å². The van der Waals surface area contributed by atoms with Gasteiger partial charge in [0.05, 0.1) is 5.69 Å². The van der Waals surface area contributed by atoms with Crippen LogP contribution < -0.4 is 19.7 Å². The number of carbonyl (C=O) groups is 1. The lowest BCUT2D eigenvalue weighted by Crippen LogP contribution is -2.22. The van der Waals surface area contributed by atoms with E-state index in [1.807, 2.05) is 61.5 Å². The van der Waals surface area contributed by atoms with Gasteiger partial charge < -0.3 is 19.7 Å². The molecule has 0 unspecified atom stereocenters. The standard InChI is InChI=1S/C22H23N3O3/c1-25(2)22-20(9-6-14-23-22)24-21(26)16-28-19-12-10-18(11-13-19)27-15-17-7-4-3-5-8-17/h3-14H,15-16H2,1-2H3,(H,24,26). The van der Waals surface area contributed by atoms with E-state index >= 15 is 0 Å². The summed E-state index contributed by atoms with van der Waals surface area (Å²) in [6.45, 7) is 0.411. The first-order chi connectivity index (χ1) is 13.6. The number of ether oxygens (including phenoxy) is 2. The summed E-state index contributed by atoms with van der Waals surface area (Å²) in [7, 11) is 3.74. The molecule has 1 aromatic heterocycles. The highest BCUT2D eigenvalue weighted by molar-refractivity contribution is 5.94. The van der Waals surface area contributed by atoms with E-state index in [2.05, 4.69) is 10.3 Å². The van der Waals surface area contributed by atoms with E-state index in [4.69, 9.17) is 9.47 Å². The molecular weight excluding hydrogens is 354 g/mol. The van der Waals surface area contributed by atoms with Crippen molar-refractivity contribution in [3.8, 4) is 11.5 Å². The highest BCUT2D eigenvalue weighted by Gasteiger charge is 2.10. The molecule has 1 N–H and O–H groups in total. The Labute approximate surface area is 164 Å². The summed E-state index contributed by atoms with van der Waals surface area (Å²) >= 11 is 0. The fourth-order valence-electron chi connectivity index (χ4n) is 2.56. The quantitative estimate of drug-likeness (QED) is 0.648. The van der Waals surface area contributed by atoms with Crippen LogP contribution in [0.2, 0.25) is 0 Å². The third-order valence-corrected chi connectivity index (χ3v) is 3.93. The fraction of sp³-hybridized carbons (Fsp3) is 0.182. The largest absolute Gasteiger partial charge is 0.489 e. The van der Waals surface area contributed by atoms with Crippen LogP contribution in [0.1, 0.15) is 5.56 Å². The zero-order valence-corrected chi connectivity index (χ0v) is 16.0. The molecular formula is C22H23N3O3. The van der Waals surface area contributed by atoms with Crippen LogP contribution in [0, 0.1) is 0 Å². The first-order valence-electron chi connectivity index (χ1n) is 8.93. The number of rotatable bonds is 8. The highest BCUT2D eigenvalue weighted by Crippen LogP contribution is 2.21. The number of benzene rings is 2. The summed E-state index contributed by atoms with van der Waals surface area (Å²) in [5.74, 6) is 1.78. The Morgan fingerprint density at radius 2 is 1.61 bits per heavy atom. The zero-order valence-electron chi connectivity index (χ0n) is 16.0. The second-order valence-corrected chi connectivity index (χ2v) is 6.35. The van der Waals surface area contributed by atoms with Gasteiger partial charge in [-0.15, -0.1) is 0 Å². The van der Waals surface area contributed by atoms with E-state index in [0.717, 1.165) is 11.3 Å². The van der Waals surface area contributed by atoms with Crippen LogP contribution in [0.3, 0.4) is 0 Å². The molecule has 0 saturated carbocycles. The SMILES string of the molecule is CN(C)c1ncccc1NC(=O)COc1ccc(OCc2ccccc2)cc1. The smallest absolute Gasteiger partial charge is 0.262 e. The molecule has 6 nitrogen and oxygen atoms in total. The van der Waals surface area contributed by atoms with Crippen molar-refractivity contribution in [2.24, 2.45) is 0 Å². The van der Waals surface area contributed by atoms with E-state index in [-0.39, 0.29) is 12.5 Å². The van der Waals surface area contributed by atoms with Gasteiger partial charge in [-0.2, -0.15) is 0 Å². The molecule has 0 aliphatic rings. The number of aromatic nitrogens is 1. The maximum atomic E-state index is 12.2. The Bertz CT molecular complexity index is 896. The normalized spacial score (nSPS) is 10.2. The molecule has 3 aromatic rings. The van der Waals surface area contributed by atoms with E-state index in [1.165, 1.54) is 0 Å². The first-order valence-corrected chi connectivity index (χ1v) is 8.93. The molecule has 1 amide bonds. The van der Waals surface area contributed by atoms with Crippen molar-refractivity contribution in [3.63, 3.8) is 0 Å². The maximum Gasteiger partial charge on any atom is 0.262 e. The van der Waals surface area contributed by atoms with Crippen LogP contribution in [0.25, 0.3) is 0 Å². The average Bonchev–Trinajstić information content (AvgIpc) is 2.72. The molecule has 6 heteroatoms. The molecule has 0 spiro atoms. The van der Waals surface area contributed by atoms with Gasteiger partial charge in [0.1, 0.15) is 18.1 Å². The average molecular weight is 377 g/mol. The van der Waals surface area contributed by atoms with Gasteiger partial charge in [0, 0.05) is 20.3 Å². The van der Waals surface area contributed by atoms with Gasteiger partial charge in [-0.3, -0.25) is 4.79 Å². The molecule has 2 aromatic carbocycles. The van der Waals surface area contributed by atoms with Crippen LogP contribution in [-0.4, -0.2) is 31.6 Å². The summed E-state index contributed by atoms with van der Waals surface area (Å²) in [4.78, 5) is 18.3. The molecule has 0 saturated heterocycles. The van der Waals surface area contributed by atoms with Gasteiger partial charge in [-0.05, 0) is 42.0 Å². The molecule has 1 heterocycles. The minimum absolute atomic E-state index is 0.0913. The third-order valence-electron chi connectivity index (χ3n) is 3.93. The van der Waals surface area contributed by atoms with E-state index in [1.54, 1.807) is 30.5 Å². The molecule has 144 valence electrons. The van der Waals surface area contributed by atoms with Crippen molar-refractivity contribution in [2.75, 3.05) is 30.9 Å². The van der Waals surface area contributed by atoms with Gasteiger partial charge in [-0.1, -0.05) is 30.3 Å². The van der Waals surface area contributed by atoms with Crippen LogP contribution in [0.5, 0.6) is 11.5 Å². The number of nitrogens with zero attached hydrogens (tertiary/aromatic N) is 2. The van der Waals surface area contributed by atoms with E-state index in [0.29, 0.717) is 23.9 Å². The minimum atomic E-state index is -0.250. The van der Waals surface area contributed by atoms with Crippen LogP contribution in [0.4, 0.5) is 11.5 Å².